The summed E-state index contributed by atoms with van der Waals surface area (Å²) in [6.45, 7) is 1.77. The summed E-state index contributed by atoms with van der Waals surface area (Å²) in [5.74, 6) is 0. The second-order valence-corrected chi connectivity index (χ2v) is 5.56. The second kappa shape index (κ2) is 4.33. The molecule has 0 spiro atoms. The van der Waals surface area contributed by atoms with Gasteiger partial charge < -0.3 is 5.11 Å². The van der Waals surface area contributed by atoms with Gasteiger partial charge in [-0.2, -0.15) is 5.26 Å². The van der Waals surface area contributed by atoms with Crippen molar-refractivity contribution in [3.8, 4) is 6.07 Å². The van der Waals surface area contributed by atoms with Gasteiger partial charge in [-0.15, -0.1) is 0 Å². The standard InChI is InChI=1S/C14H16ClNO/c1-13(17,14(10-16)7-2-8-14)9-11-3-5-12(15)6-4-11/h3-6,17H,2,7-9H2,1H3. The highest BCUT2D eigenvalue weighted by Crippen LogP contribution is 2.49. The lowest BCUT2D eigenvalue weighted by molar-refractivity contribution is -0.0790. The zero-order valence-corrected chi connectivity index (χ0v) is 10.7. The lowest BCUT2D eigenvalue weighted by Crippen LogP contribution is -2.51. The Balaban J connectivity index is 2.17. The smallest absolute Gasteiger partial charge is 0.0860 e. The van der Waals surface area contributed by atoms with E-state index in [0.717, 1.165) is 24.8 Å². The Morgan fingerprint density at radius 2 is 2.00 bits per heavy atom. The van der Waals surface area contributed by atoms with Gasteiger partial charge in [0, 0.05) is 11.4 Å². The number of benzene rings is 1. The number of hydrogen-bond acceptors (Lipinski definition) is 2. The molecule has 1 unspecified atom stereocenters. The molecule has 1 aliphatic carbocycles. The fourth-order valence-corrected chi connectivity index (χ4v) is 2.60. The fraction of sp³-hybridized carbons (Fsp3) is 0.500. The zero-order chi connectivity index (χ0) is 12.5. The van der Waals surface area contributed by atoms with Gasteiger partial charge in [0.05, 0.1) is 17.1 Å². The third kappa shape index (κ3) is 2.18. The first-order valence-corrected chi connectivity index (χ1v) is 6.25. The largest absolute Gasteiger partial charge is 0.388 e. The SMILES string of the molecule is CC(O)(Cc1ccc(Cl)cc1)C1(C#N)CCC1. The van der Waals surface area contributed by atoms with Crippen LogP contribution in [0.25, 0.3) is 0 Å². The normalized spacial score (nSPS) is 21.1. The molecule has 2 nitrogen and oxygen atoms in total. The topological polar surface area (TPSA) is 44.0 Å². The van der Waals surface area contributed by atoms with Crippen molar-refractivity contribution in [3.05, 3.63) is 34.9 Å². The average molecular weight is 250 g/mol. The van der Waals surface area contributed by atoms with Gasteiger partial charge in [0.1, 0.15) is 0 Å². The minimum Gasteiger partial charge on any atom is -0.388 e. The molecule has 1 fully saturated rings. The molecule has 0 saturated heterocycles. The zero-order valence-electron chi connectivity index (χ0n) is 9.91. The fourth-order valence-electron chi connectivity index (χ4n) is 2.47. The van der Waals surface area contributed by atoms with E-state index in [4.69, 9.17) is 11.6 Å². The van der Waals surface area contributed by atoms with E-state index in [1.165, 1.54) is 0 Å². The Labute approximate surface area is 107 Å². The first-order chi connectivity index (χ1) is 7.99. The summed E-state index contributed by atoms with van der Waals surface area (Å²) >= 11 is 5.82. The minimum atomic E-state index is -0.964. The van der Waals surface area contributed by atoms with Crippen LogP contribution in [0, 0.1) is 16.7 Å². The Hall–Kier alpha value is -1.04. The summed E-state index contributed by atoms with van der Waals surface area (Å²) in [4.78, 5) is 0. The third-order valence-corrected chi connectivity index (χ3v) is 4.17. The molecule has 0 radical (unpaired) electrons. The number of halogens is 1. The van der Waals surface area contributed by atoms with Crippen molar-refractivity contribution in [3.63, 3.8) is 0 Å². The van der Waals surface area contributed by atoms with Crippen molar-refractivity contribution < 1.29 is 5.11 Å². The molecule has 1 saturated carbocycles. The van der Waals surface area contributed by atoms with Crippen LogP contribution in [0.2, 0.25) is 5.02 Å². The van der Waals surface area contributed by atoms with Gasteiger partial charge in [-0.25, -0.2) is 0 Å². The highest BCUT2D eigenvalue weighted by Gasteiger charge is 2.51. The van der Waals surface area contributed by atoms with Crippen molar-refractivity contribution in [2.75, 3.05) is 0 Å². The van der Waals surface area contributed by atoms with E-state index in [1.807, 2.05) is 24.3 Å². The van der Waals surface area contributed by atoms with Crippen molar-refractivity contribution in [1.82, 2.24) is 0 Å². The van der Waals surface area contributed by atoms with Crippen LogP contribution in [0.5, 0.6) is 0 Å². The molecule has 90 valence electrons. The van der Waals surface area contributed by atoms with Crippen LogP contribution in [-0.4, -0.2) is 10.7 Å². The van der Waals surface area contributed by atoms with Crippen molar-refractivity contribution >= 4 is 11.6 Å². The summed E-state index contributed by atoms with van der Waals surface area (Å²) in [6.07, 6.45) is 3.12. The Morgan fingerprint density at radius 1 is 1.41 bits per heavy atom. The van der Waals surface area contributed by atoms with Crippen LogP contribution >= 0.6 is 11.6 Å². The Morgan fingerprint density at radius 3 is 2.41 bits per heavy atom. The van der Waals surface area contributed by atoms with Crippen LogP contribution in [0.4, 0.5) is 0 Å². The van der Waals surface area contributed by atoms with E-state index in [1.54, 1.807) is 6.92 Å². The van der Waals surface area contributed by atoms with Gasteiger partial charge >= 0.3 is 0 Å². The van der Waals surface area contributed by atoms with Gasteiger partial charge in [-0.1, -0.05) is 30.2 Å². The number of nitriles is 1. The van der Waals surface area contributed by atoms with Gasteiger partial charge in [0.2, 0.25) is 0 Å². The van der Waals surface area contributed by atoms with Crippen LogP contribution in [-0.2, 0) is 6.42 Å². The summed E-state index contributed by atoms with van der Waals surface area (Å²) < 4.78 is 0. The Bertz CT molecular complexity index is 440. The molecule has 0 aromatic heterocycles. The minimum absolute atomic E-state index is 0.498. The molecule has 1 N–H and O–H groups in total. The Kier molecular flexibility index (Phi) is 3.16. The molecule has 0 amide bonds. The molecule has 1 aromatic rings. The molecule has 17 heavy (non-hydrogen) atoms. The number of rotatable bonds is 3. The van der Waals surface area contributed by atoms with E-state index in [9.17, 15) is 10.4 Å². The third-order valence-electron chi connectivity index (χ3n) is 3.91. The van der Waals surface area contributed by atoms with Crippen LogP contribution in [0.15, 0.2) is 24.3 Å². The van der Waals surface area contributed by atoms with Gasteiger partial charge in [0.25, 0.3) is 0 Å². The van der Waals surface area contributed by atoms with E-state index in [0.29, 0.717) is 11.4 Å². The molecular formula is C14H16ClNO. The molecule has 1 atom stereocenters. The van der Waals surface area contributed by atoms with E-state index >= 15 is 0 Å². The van der Waals surface area contributed by atoms with Crippen molar-refractivity contribution in [2.24, 2.45) is 5.41 Å². The number of aliphatic hydroxyl groups is 1. The molecule has 1 aromatic carbocycles. The van der Waals surface area contributed by atoms with E-state index in [2.05, 4.69) is 6.07 Å². The first kappa shape index (κ1) is 12.4. The molecule has 0 bridgehead atoms. The van der Waals surface area contributed by atoms with Crippen LogP contribution in [0.1, 0.15) is 31.7 Å². The van der Waals surface area contributed by atoms with Crippen LogP contribution < -0.4 is 0 Å². The summed E-state index contributed by atoms with van der Waals surface area (Å²) in [5, 5.41) is 20.5. The number of nitrogens with zero attached hydrogens (tertiary/aromatic N) is 1. The predicted octanol–water partition coefficient (Wildman–Crippen LogP) is 3.33. The monoisotopic (exact) mass is 249 g/mol. The molecule has 1 aliphatic rings. The van der Waals surface area contributed by atoms with E-state index in [-0.39, 0.29) is 0 Å². The van der Waals surface area contributed by atoms with Gasteiger partial charge in [-0.3, -0.25) is 0 Å². The van der Waals surface area contributed by atoms with E-state index < -0.39 is 11.0 Å². The molecule has 0 heterocycles. The lowest BCUT2D eigenvalue weighted by Gasteiger charge is -2.46. The summed E-state index contributed by atoms with van der Waals surface area (Å²) in [7, 11) is 0. The van der Waals surface area contributed by atoms with Crippen molar-refractivity contribution in [2.45, 2.75) is 38.2 Å². The quantitative estimate of drug-likeness (QED) is 0.893. The van der Waals surface area contributed by atoms with Gasteiger partial charge in [0.15, 0.2) is 0 Å². The summed E-state index contributed by atoms with van der Waals surface area (Å²) in [6, 6.07) is 9.74. The first-order valence-electron chi connectivity index (χ1n) is 5.87. The molecular weight excluding hydrogens is 234 g/mol. The van der Waals surface area contributed by atoms with Gasteiger partial charge in [-0.05, 0) is 37.5 Å². The number of hydrogen-bond donors (Lipinski definition) is 1. The maximum atomic E-state index is 10.6. The highest BCUT2D eigenvalue weighted by molar-refractivity contribution is 6.30. The molecule has 0 aliphatic heterocycles. The highest BCUT2D eigenvalue weighted by atomic mass is 35.5. The average Bonchev–Trinajstić information content (AvgIpc) is 2.20. The maximum absolute atomic E-state index is 10.6. The molecule has 3 heteroatoms. The maximum Gasteiger partial charge on any atom is 0.0860 e. The molecule has 2 rings (SSSR count). The summed E-state index contributed by atoms with van der Waals surface area (Å²) in [5.41, 5.74) is -0.513. The van der Waals surface area contributed by atoms with Crippen LogP contribution in [0.3, 0.4) is 0 Å². The van der Waals surface area contributed by atoms with Crippen molar-refractivity contribution in [1.29, 1.82) is 5.26 Å². The lowest BCUT2D eigenvalue weighted by atomic mass is 9.58. The predicted molar refractivity (Wildman–Crippen MR) is 67.7 cm³/mol. The second-order valence-electron chi connectivity index (χ2n) is 5.12.